The molecule has 10 heteroatoms. The fourth-order valence-electron chi connectivity index (χ4n) is 3.36. The maximum atomic E-state index is 12.9. The van der Waals surface area contributed by atoms with Crippen molar-refractivity contribution in [1.29, 1.82) is 0 Å². The Labute approximate surface area is 196 Å². The van der Waals surface area contributed by atoms with Crippen LogP contribution in [0.1, 0.15) is 31.2 Å². The van der Waals surface area contributed by atoms with Crippen LogP contribution < -0.4 is 10.6 Å². The van der Waals surface area contributed by atoms with E-state index in [0.717, 1.165) is 44.3 Å². The Morgan fingerprint density at radius 1 is 1.17 bits per heavy atom. The molecule has 2 aromatic rings. The van der Waals surface area contributed by atoms with Crippen LogP contribution in [0.15, 0.2) is 52.6 Å². The summed E-state index contributed by atoms with van der Waals surface area (Å²) < 4.78 is 29.2. The molecule has 1 aliphatic rings. The Hall–Kier alpha value is -1.66. The summed E-state index contributed by atoms with van der Waals surface area (Å²) in [7, 11) is -1.69. The lowest BCUT2D eigenvalue weighted by Crippen LogP contribution is -2.37. The van der Waals surface area contributed by atoms with Crippen molar-refractivity contribution in [1.82, 2.24) is 24.7 Å². The maximum Gasteiger partial charge on any atom is 0.243 e. The molecule has 2 N–H and O–H groups in total. The van der Waals surface area contributed by atoms with E-state index >= 15 is 0 Å². The molecule has 1 aliphatic heterocycles. The molecule has 166 valence electrons. The van der Waals surface area contributed by atoms with Crippen molar-refractivity contribution < 1.29 is 8.42 Å². The number of aliphatic imine (C=N–C) groups is 1. The minimum Gasteiger partial charge on any atom is -0.356 e. The van der Waals surface area contributed by atoms with Crippen molar-refractivity contribution in [2.75, 3.05) is 26.7 Å². The molecule has 0 saturated carbocycles. The number of rotatable bonds is 8. The maximum absolute atomic E-state index is 12.9. The van der Waals surface area contributed by atoms with Crippen LogP contribution in [-0.4, -0.2) is 55.1 Å². The smallest absolute Gasteiger partial charge is 0.243 e. The highest BCUT2D eigenvalue weighted by molar-refractivity contribution is 14.0. The van der Waals surface area contributed by atoms with E-state index in [1.807, 2.05) is 23.0 Å². The van der Waals surface area contributed by atoms with Crippen molar-refractivity contribution in [3.63, 3.8) is 0 Å². The van der Waals surface area contributed by atoms with Gasteiger partial charge >= 0.3 is 0 Å². The normalized spacial score (nSPS) is 15.4. The molecule has 0 unspecified atom stereocenters. The van der Waals surface area contributed by atoms with E-state index in [2.05, 4.69) is 20.7 Å². The molecule has 1 fully saturated rings. The summed E-state index contributed by atoms with van der Waals surface area (Å²) in [5.41, 5.74) is 0.905. The number of guanidine groups is 1. The lowest BCUT2D eigenvalue weighted by atomic mass is 10.2. The van der Waals surface area contributed by atoms with Crippen LogP contribution in [0.4, 0.5) is 0 Å². The fourth-order valence-corrected chi connectivity index (χ4v) is 4.95. The van der Waals surface area contributed by atoms with E-state index in [-0.39, 0.29) is 24.0 Å². The molecule has 30 heavy (non-hydrogen) atoms. The summed E-state index contributed by atoms with van der Waals surface area (Å²) in [6.07, 6.45) is 7.60. The van der Waals surface area contributed by atoms with Gasteiger partial charge in [-0.15, -0.1) is 24.0 Å². The van der Waals surface area contributed by atoms with Gasteiger partial charge in [-0.1, -0.05) is 18.6 Å². The molecule has 0 aliphatic carbocycles. The lowest BCUT2D eigenvalue weighted by Gasteiger charge is -2.26. The van der Waals surface area contributed by atoms with Crippen LogP contribution in [0.5, 0.6) is 0 Å². The Balaban J connectivity index is 0.00000320. The zero-order valence-electron chi connectivity index (χ0n) is 17.3. The van der Waals surface area contributed by atoms with Crippen molar-refractivity contribution in [3.8, 4) is 0 Å². The van der Waals surface area contributed by atoms with Gasteiger partial charge in [-0.25, -0.2) is 8.42 Å². The Bertz CT molecular complexity index is 896. The Morgan fingerprint density at radius 3 is 2.67 bits per heavy atom. The molecule has 0 spiro atoms. The van der Waals surface area contributed by atoms with E-state index in [0.29, 0.717) is 30.5 Å². The Morgan fingerprint density at radius 2 is 1.97 bits per heavy atom. The minimum absolute atomic E-state index is 0. The van der Waals surface area contributed by atoms with Gasteiger partial charge in [0.15, 0.2) is 5.96 Å². The monoisotopic (exact) mass is 546 g/mol. The molecule has 3 rings (SSSR count). The third-order valence-electron chi connectivity index (χ3n) is 4.95. The average molecular weight is 546 g/mol. The van der Waals surface area contributed by atoms with E-state index in [1.165, 1.54) is 0 Å². The molecule has 0 radical (unpaired) electrons. The second kappa shape index (κ2) is 12.3. The number of sulfonamides is 1. The highest BCUT2D eigenvalue weighted by Crippen LogP contribution is 2.21. The number of piperidine rings is 1. The number of halogens is 1. The molecule has 1 saturated heterocycles. The topological polar surface area (TPSA) is 91.6 Å². The first kappa shape index (κ1) is 24.6. The van der Waals surface area contributed by atoms with Crippen molar-refractivity contribution in [2.24, 2.45) is 4.99 Å². The van der Waals surface area contributed by atoms with Gasteiger partial charge in [0.1, 0.15) is 0 Å². The Kier molecular flexibility index (Phi) is 10.1. The van der Waals surface area contributed by atoms with Crippen LogP contribution in [0.3, 0.4) is 0 Å². The second-order valence-electron chi connectivity index (χ2n) is 7.09. The van der Waals surface area contributed by atoms with Crippen molar-refractivity contribution in [3.05, 3.63) is 48.3 Å². The van der Waals surface area contributed by atoms with Gasteiger partial charge in [-0.2, -0.15) is 9.40 Å². The van der Waals surface area contributed by atoms with Gasteiger partial charge in [-0.3, -0.25) is 9.67 Å². The molecule has 0 atom stereocenters. The second-order valence-corrected chi connectivity index (χ2v) is 9.03. The quantitative estimate of drug-likeness (QED) is 0.230. The predicted octanol–water partition coefficient (Wildman–Crippen LogP) is 2.43. The van der Waals surface area contributed by atoms with Gasteiger partial charge in [0.05, 0.1) is 4.90 Å². The molecular weight excluding hydrogens is 515 g/mol. The largest absolute Gasteiger partial charge is 0.356 e. The van der Waals surface area contributed by atoms with E-state index in [9.17, 15) is 8.42 Å². The van der Waals surface area contributed by atoms with Crippen LogP contribution in [0.25, 0.3) is 0 Å². The van der Waals surface area contributed by atoms with Crippen LogP contribution in [0.2, 0.25) is 0 Å². The zero-order valence-corrected chi connectivity index (χ0v) is 20.5. The summed E-state index contributed by atoms with van der Waals surface area (Å²) in [6, 6.07) is 9.06. The third kappa shape index (κ3) is 6.95. The SMILES string of the molecule is CN=C(NCCCn1cccn1)NCc1cccc(S(=O)(=O)N2CCCCC2)c1.I. The molecule has 1 aromatic carbocycles. The number of hydrogen-bond donors (Lipinski definition) is 2. The van der Waals surface area contributed by atoms with Gasteiger partial charge in [0.2, 0.25) is 10.0 Å². The highest BCUT2D eigenvalue weighted by atomic mass is 127. The van der Waals surface area contributed by atoms with Crippen LogP contribution in [0, 0.1) is 0 Å². The third-order valence-corrected chi connectivity index (χ3v) is 6.85. The first-order chi connectivity index (χ1) is 14.1. The first-order valence-electron chi connectivity index (χ1n) is 10.1. The molecule has 0 bridgehead atoms. The zero-order chi connectivity index (χ0) is 20.5. The number of aromatic nitrogens is 2. The molecule has 1 aromatic heterocycles. The molecule has 2 heterocycles. The summed E-state index contributed by atoms with van der Waals surface area (Å²) in [5.74, 6) is 0.690. The van der Waals surface area contributed by atoms with E-state index < -0.39 is 10.0 Å². The van der Waals surface area contributed by atoms with Gasteiger partial charge in [0, 0.05) is 52.2 Å². The summed E-state index contributed by atoms with van der Waals surface area (Å²) >= 11 is 0. The summed E-state index contributed by atoms with van der Waals surface area (Å²) in [5, 5.41) is 10.7. The predicted molar refractivity (Wildman–Crippen MR) is 130 cm³/mol. The fraction of sp³-hybridized carbons (Fsp3) is 0.500. The van der Waals surface area contributed by atoms with Gasteiger partial charge in [0.25, 0.3) is 0 Å². The molecule has 0 amide bonds. The average Bonchev–Trinajstić information content (AvgIpc) is 3.27. The molecule has 8 nitrogen and oxygen atoms in total. The van der Waals surface area contributed by atoms with E-state index in [4.69, 9.17) is 0 Å². The van der Waals surface area contributed by atoms with Gasteiger partial charge < -0.3 is 10.6 Å². The number of hydrogen-bond acceptors (Lipinski definition) is 4. The molecular formula is C20H31IN6O2S. The number of aryl methyl sites for hydroxylation is 1. The standard InChI is InChI=1S/C20H30N6O2S.HI/c1-21-20(22-10-6-12-25-13-7-11-24-25)23-17-18-8-5-9-19(16-18)29(27,28)26-14-3-2-4-15-26;/h5,7-9,11,13,16H,2-4,6,10,12,14-15,17H2,1H3,(H2,21,22,23);1H. The van der Waals surface area contributed by atoms with Crippen molar-refractivity contribution in [2.45, 2.75) is 43.7 Å². The summed E-state index contributed by atoms with van der Waals surface area (Å²) in [4.78, 5) is 4.59. The van der Waals surface area contributed by atoms with Crippen LogP contribution >= 0.6 is 24.0 Å². The minimum atomic E-state index is -3.42. The number of benzene rings is 1. The number of nitrogens with zero attached hydrogens (tertiary/aromatic N) is 4. The first-order valence-corrected chi connectivity index (χ1v) is 11.5. The van der Waals surface area contributed by atoms with Crippen molar-refractivity contribution >= 4 is 40.0 Å². The number of nitrogens with one attached hydrogen (secondary N) is 2. The highest BCUT2D eigenvalue weighted by Gasteiger charge is 2.25. The van der Waals surface area contributed by atoms with Crippen LogP contribution in [-0.2, 0) is 23.1 Å². The van der Waals surface area contributed by atoms with E-state index in [1.54, 1.807) is 35.7 Å². The summed E-state index contributed by atoms with van der Waals surface area (Å²) in [6.45, 7) is 3.33. The lowest BCUT2D eigenvalue weighted by molar-refractivity contribution is 0.346. The van der Waals surface area contributed by atoms with Gasteiger partial charge in [-0.05, 0) is 43.0 Å².